The summed E-state index contributed by atoms with van der Waals surface area (Å²) in [5, 5.41) is 11.7. The van der Waals surface area contributed by atoms with Gasteiger partial charge in [-0.1, -0.05) is 36.6 Å². The van der Waals surface area contributed by atoms with E-state index in [2.05, 4.69) is 5.32 Å². The molecule has 3 nitrogen and oxygen atoms in total. The van der Waals surface area contributed by atoms with Crippen molar-refractivity contribution in [3.05, 3.63) is 23.3 Å². The van der Waals surface area contributed by atoms with Crippen LogP contribution in [-0.2, 0) is 4.79 Å². The summed E-state index contributed by atoms with van der Waals surface area (Å²) in [5.74, 6) is -5.22. The van der Waals surface area contributed by atoms with Crippen molar-refractivity contribution in [2.75, 3.05) is 6.54 Å². The van der Waals surface area contributed by atoms with E-state index in [1.165, 1.54) is 0 Å². The molecule has 0 aromatic rings. The Labute approximate surface area is 126 Å². The number of aliphatic hydroxyl groups is 1. The molecule has 0 rings (SSSR count). The number of allylic oxidation sites excluding steroid dienone is 3. The number of unbranched alkanes of at least 4 members (excludes halogenated alkanes) is 1. The van der Waals surface area contributed by atoms with Gasteiger partial charge < -0.3 is 10.4 Å². The van der Waals surface area contributed by atoms with Gasteiger partial charge in [-0.3, -0.25) is 4.79 Å². The van der Waals surface area contributed by atoms with Crippen molar-refractivity contribution in [3.8, 4) is 0 Å². The second-order valence-corrected chi connectivity index (χ2v) is 5.51. The summed E-state index contributed by atoms with van der Waals surface area (Å²) >= 11 is 0. The standard InChI is InChI=1S/C16H27F2NO2/c1-5-6-10-19-15(21)16(17,18)14(20)11-13(4)9-7-8-12(2)3/h8,11,14,20H,5-7,9-10H2,1-4H3,(H,19,21)/b13-11+. The van der Waals surface area contributed by atoms with Crippen LogP contribution >= 0.6 is 0 Å². The summed E-state index contributed by atoms with van der Waals surface area (Å²) in [5.41, 5.74) is 1.80. The van der Waals surface area contributed by atoms with Gasteiger partial charge in [0.25, 0.3) is 5.91 Å². The number of carbonyl (C=O) groups is 1. The lowest BCUT2D eigenvalue weighted by atomic mass is 10.0. The van der Waals surface area contributed by atoms with E-state index in [0.717, 1.165) is 24.5 Å². The Morgan fingerprint density at radius 3 is 2.48 bits per heavy atom. The van der Waals surface area contributed by atoms with Crippen LogP contribution in [0, 0.1) is 0 Å². The minimum absolute atomic E-state index is 0.195. The first-order chi connectivity index (χ1) is 9.71. The van der Waals surface area contributed by atoms with Crippen molar-refractivity contribution in [3.63, 3.8) is 0 Å². The molecule has 1 unspecified atom stereocenters. The van der Waals surface area contributed by atoms with Gasteiger partial charge in [-0.25, -0.2) is 0 Å². The quantitative estimate of drug-likeness (QED) is 0.505. The zero-order valence-corrected chi connectivity index (χ0v) is 13.4. The molecule has 2 N–H and O–H groups in total. The van der Waals surface area contributed by atoms with Gasteiger partial charge in [0.2, 0.25) is 0 Å². The number of halogens is 2. The van der Waals surface area contributed by atoms with Crippen LogP contribution in [0.4, 0.5) is 8.78 Å². The van der Waals surface area contributed by atoms with Crippen LogP contribution in [0.3, 0.4) is 0 Å². The third kappa shape index (κ3) is 7.95. The molecular weight excluding hydrogens is 276 g/mol. The average molecular weight is 303 g/mol. The summed E-state index contributed by atoms with van der Waals surface area (Å²) < 4.78 is 27.5. The Hall–Kier alpha value is -1.23. The minimum atomic E-state index is -3.80. The lowest BCUT2D eigenvalue weighted by Gasteiger charge is -2.20. The van der Waals surface area contributed by atoms with E-state index in [-0.39, 0.29) is 6.54 Å². The smallest absolute Gasteiger partial charge is 0.353 e. The zero-order valence-electron chi connectivity index (χ0n) is 13.4. The first-order valence-corrected chi connectivity index (χ1v) is 7.36. The van der Waals surface area contributed by atoms with E-state index in [9.17, 15) is 18.7 Å². The van der Waals surface area contributed by atoms with Gasteiger partial charge in [0.1, 0.15) is 6.10 Å². The van der Waals surface area contributed by atoms with Crippen molar-refractivity contribution in [2.45, 2.75) is 65.4 Å². The van der Waals surface area contributed by atoms with Crippen LogP contribution in [0.2, 0.25) is 0 Å². The maximum atomic E-state index is 13.7. The van der Waals surface area contributed by atoms with Gasteiger partial charge in [-0.2, -0.15) is 8.78 Å². The van der Waals surface area contributed by atoms with E-state index in [1.807, 2.05) is 26.8 Å². The molecule has 5 heteroatoms. The third-order valence-corrected chi connectivity index (χ3v) is 3.02. The van der Waals surface area contributed by atoms with Gasteiger partial charge >= 0.3 is 5.92 Å². The number of amides is 1. The highest BCUT2D eigenvalue weighted by molar-refractivity contribution is 5.84. The molecule has 0 aliphatic rings. The summed E-state index contributed by atoms with van der Waals surface area (Å²) in [4.78, 5) is 11.4. The molecule has 0 aromatic carbocycles. The van der Waals surface area contributed by atoms with Crippen LogP contribution in [0.5, 0.6) is 0 Å². The van der Waals surface area contributed by atoms with Crippen LogP contribution in [0.25, 0.3) is 0 Å². The number of rotatable bonds is 9. The summed E-state index contributed by atoms with van der Waals surface area (Å²) in [7, 11) is 0. The van der Waals surface area contributed by atoms with Crippen molar-refractivity contribution >= 4 is 5.91 Å². The molecule has 0 aliphatic carbocycles. The van der Waals surface area contributed by atoms with E-state index >= 15 is 0 Å². The number of nitrogens with one attached hydrogen (secondary N) is 1. The fourth-order valence-corrected chi connectivity index (χ4v) is 1.68. The predicted molar refractivity (Wildman–Crippen MR) is 81.3 cm³/mol. The second-order valence-electron chi connectivity index (χ2n) is 5.51. The highest BCUT2D eigenvalue weighted by Gasteiger charge is 2.45. The maximum Gasteiger partial charge on any atom is 0.353 e. The Kier molecular flexibility index (Phi) is 9.09. The van der Waals surface area contributed by atoms with Crippen LogP contribution in [0.15, 0.2) is 23.3 Å². The van der Waals surface area contributed by atoms with Crippen molar-refractivity contribution < 1.29 is 18.7 Å². The highest BCUT2D eigenvalue weighted by Crippen LogP contribution is 2.22. The molecule has 0 spiro atoms. The molecule has 21 heavy (non-hydrogen) atoms. The fourth-order valence-electron chi connectivity index (χ4n) is 1.68. The SMILES string of the molecule is CCCCNC(=O)C(F)(F)C(O)/C=C(\C)CCC=C(C)C. The van der Waals surface area contributed by atoms with Gasteiger partial charge in [0, 0.05) is 6.54 Å². The van der Waals surface area contributed by atoms with Crippen LogP contribution in [0.1, 0.15) is 53.4 Å². The Balaban J connectivity index is 4.54. The van der Waals surface area contributed by atoms with E-state index < -0.39 is 17.9 Å². The number of hydrogen-bond acceptors (Lipinski definition) is 2. The molecule has 0 saturated heterocycles. The lowest BCUT2D eigenvalue weighted by Crippen LogP contribution is -2.48. The molecule has 122 valence electrons. The van der Waals surface area contributed by atoms with E-state index in [0.29, 0.717) is 18.4 Å². The molecular formula is C16H27F2NO2. The number of aliphatic hydroxyl groups excluding tert-OH is 1. The van der Waals surface area contributed by atoms with E-state index in [4.69, 9.17) is 0 Å². The summed E-state index contributed by atoms with van der Waals surface area (Å²) in [6.07, 6.45) is 3.72. The number of alkyl halides is 2. The van der Waals surface area contributed by atoms with Crippen molar-refractivity contribution in [1.82, 2.24) is 5.32 Å². The molecule has 0 fully saturated rings. The molecule has 1 amide bonds. The van der Waals surface area contributed by atoms with Gasteiger partial charge in [0.15, 0.2) is 0 Å². The number of carbonyl (C=O) groups excluding carboxylic acids is 1. The van der Waals surface area contributed by atoms with Crippen molar-refractivity contribution in [2.24, 2.45) is 0 Å². The highest BCUT2D eigenvalue weighted by atomic mass is 19.3. The minimum Gasteiger partial charge on any atom is -0.382 e. The molecule has 0 aliphatic heterocycles. The molecule has 0 radical (unpaired) electrons. The fraction of sp³-hybridized carbons (Fsp3) is 0.688. The maximum absolute atomic E-state index is 13.7. The number of hydrogen-bond donors (Lipinski definition) is 2. The van der Waals surface area contributed by atoms with E-state index in [1.54, 1.807) is 6.92 Å². The Bertz CT molecular complexity index is 386. The van der Waals surface area contributed by atoms with Gasteiger partial charge in [-0.15, -0.1) is 0 Å². The molecule has 0 bridgehead atoms. The first-order valence-electron chi connectivity index (χ1n) is 7.36. The monoisotopic (exact) mass is 303 g/mol. The first kappa shape index (κ1) is 19.8. The van der Waals surface area contributed by atoms with Gasteiger partial charge in [0.05, 0.1) is 0 Å². The molecule has 0 saturated carbocycles. The molecule has 0 aromatic heterocycles. The second kappa shape index (κ2) is 9.66. The van der Waals surface area contributed by atoms with Crippen molar-refractivity contribution in [1.29, 1.82) is 0 Å². The van der Waals surface area contributed by atoms with Crippen LogP contribution < -0.4 is 5.32 Å². The van der Waals surface area contributed by atoms with Crippen LogP contribution in [-0.4, -0.2) is 29.6 Å². The topological polar surface area (TPSA) is 49.3 Å². The predicted octanol–water partition coefficient (Wildman–Crippen LogP) is 3.59. The molecule has 1 atom stereocenters. The van der Waals surface area contributed by atoms with Gasteiger partial charge in [-0.05, 0) is 40.0 Å². The Morgan fingerprint density at radius 1 is 1.33 bits per heavy atom. The average Bonchev–Trinajstić information content (AvgIpc) is 2.38. The largest absolute Gasteiger partial charge is 0.382 e. The summed E-state index contributed by atoms with van der Waals surface area (Å²) in [6, 6.07) is 0. The normalized spacial score (nSPS) is 13.8. The zero-order chi connectivity index (χ0) is 16.5. The Morgan fingerprint density at radius 2 is 1.95 bits per heavy atom. The molecule has 0 heterocycles. The summed E-state index contributed by atoms with van der Waals surface area (Å²) in [6.45, 7) is 7.69. The lowest BCUT2D eigenvalue weighted by molar-refractivity contribution is -0.158. The third-order valence-electron chi connectivity index (χ3n) is 3.02.